The summed E-state index contributed by atoms with van der Waals surface area (Å²) in [4.78, 5) is 16.5. The number of hydrogen-bond donors (Lipinski definition) is 1. The van der Waals surface area contributed by atoms with E-state index in [1.165, 1.54) is 12.1 Å². The number of amides is 2. The van der Waals surface area contributed by atoms with Crippen molar-refractivity contribution in [3.05, 3.63) is 59.9 Å². The van der Waals surface area contributed by atoms with Gasteiger partial charge in [0.25, 0.3) is 0 Å². The van der Waals surface area contributed by atoms with Crippen LogP contribution in [-0.4, -0.2) is 50.3 Å². The molecule has 3 rings (SSSR count). The predicted molar refractivity (Wildman–Crippen MR) is 105 cm³/mol. The molecule has 0 aliphatic carbocycles. The zero-order chi connectivity index (χ0) is 19.2. The normalized spacial score (nSPS) is 15.4. The highest BCUT2D eigenvalue weighted by atomic mass is 19.1. The van der Waals surface area contributed by atoms with E-state index in [4.69, 9.17) is 4.74 Å². The molecule has 1 atom stereocenters. The van der Waals surface area contributed by atoms with E-state index in [9.17, 15) is 9.18 Å². The van der Waals surface area contributed by atoms with E-state index in [2.05, 4.69) is 10.2 Å². The lowest BCUT2D eigenvalue weighted by atomic mass is 10.1. The second kappa shape index (κ2) is 8.75. The van der Waals surface area contributed by atoms with Gasteiger partial charge in [-0.15, -0.1) is 0 Å². The van der Waals surface area contributed by atoms with Crippen molar-refractivity contribution in [2.45, 2.75) is 19.4 Å². The number of hydrogen-bond acceptors (Lipinski definition) is 3. The summed E-state index contributed by atoms with van der Waals surface area (Å²) < 4.78 is 18.3. The molecule has 1 heterocycles. The van der Waals surface area contributed by atoms with Crippen molar-refractivity contribution in [1.29, 1.82) is 0 Å². The van der Waals surface area contributed by atoms with Crippen LogP contribution in [0.4, 0.5) is 14.9 Å². The SMILES string of the molecule is COc1cccc(CC(C)NC(=O)N2CCN(c3ccc(F)cc3)CC2)c1. The molecule has 2 aromatic rings. The number of carbonyl (C=O) groups excluding carboxylic acids is 1. The summed E-state index contributed by atoms with van der Waals surface area (Å²) in [5, 5.41) is 3.08. The molecule has 1 N–H and O–H groups in total. The van der Waals surface area contributed by atoms with Gasteiger partial charge in [-0.1, -0.05) is 12.1 Å². The van der Waals surface area contributed by atoms with Crippen LogP contribution < -0.4 is 15.0 Å². The van der Waals surface area contributed by atoms with Gasteiger partial charge in [0.2, 0.25) is 0 Å². The Morgan fingerprint density at radius 1 is 1.15 bits per heavy atom. The van der Waals surface area contributed by atoms with E-state index in [1.54, 1.807) is 19.2 Å². The van der Waals surface area contributed by atoms with Crippen LogP contribution in [0, 0.1) is 5.82 Å². The van der Waals surface area contributed by atoms with Crippen LogP contribution in [0.5, 0.6) is 5.75 Å². The van der Waals surface area contributed by atoms with Gasteiger partial charge in [-0.25, -0.2) is 9.18 Å². The lowest BCUT2D eigenvalue weighted by Crippen LogP contribution is -2.53. The highest BCUT2D eigenvalue weighted by molar-refractivity contribution is 5.75. The van der Waals surface area contributed by atoms with Gasteiger partial charge < -0.3 is 19.9 Å². The van der Waals surface area contributed by atoms with Gasteiger partial charge in [0.15, 0.2) is 0 Å². The van der Waals surface area contributed by atoms with Crippen LogP contribution in [0.2, 0.25) is 0 Å². The first-order valence-electron chi connectivity index (χ1n) is 9.24. The van der Waals surface area contributed by atoms with Crippen LogP contribution in [0.15, 0.2) is 48.5 Å². The number of nitrogens with one attached hydrogen (secondary N) is 1. The fourth-order valence-electron chi connectivity index (χ4n) is 3.33. The predicted octanol–water partition coefficient (Wildman–Crippen LogP) is 3.30. The van der Waals surface area contributed by atoms with Crippen molar-refractivity contribution in [2.24, 2.45) is 0 Å². The highest BCUT2D eigenvalue weighted by Gasteiger charge is 2.22. The molecule has 6 heteroatoms. The molecule has 1 fully saturated rings. The van der Waals surface area contributed by atoms with Crippen molar-refractivity contribution in [3.63, 3.8) is 0 Å². The van der Waals surface area contributed by atoms with Crippen LogP contribution in [0.1, 0.15) is 12.5 Å². The summed E-state index contributed by atoms with van der Waals surface area (Å²) in [6, 6.07) is 14.4. The van der Waals surface area contributed by atoms with Gasteiger partial charge in [0.1, 0.15) is 11.6 Å². The first kappa shape index (κ1) is 19.0. The molecule has 5 nitrogen and oxygen atoms in total. The molecule has 27 heavy (non-hydrogen) atoms. The minimum Gasteiger partial charge on any atom is -0.497 e. The summed E-state index contributed by atoms with van der Waals surface area (Å²) in [5.74, 6) is 0.588. The van der Waals surface area contributed by atoms with Gasteiger partial charge in [-0.2, -0.15) is 0 Å². The number of ether oxygens (including phenoxy) is 1. The van der Waals surface area contributed by atoms with Gasteiger partial charge in [-0.3, -0.25) is 0 Å². The van der Waals surface area contributed by atoms with E-state index in [0.717, 1.165) is 36.5 Å². The molecule has 1 aliphatic rings. The largest absolute Gasteiger partial charge is 0.497 e. The van der Waals surface area contributed by atoms with Gasteiger partial charge in [0.05, 0.1) is 7.11 Å². The first-order chi connectivity index (χ1) is 13.0. The topological polar surface area (TPSA) is 44.8 Å². The average molecular weight is 371 g/mol. The third-order valence-corrected chi connectivity index (χ3v) is 4.80. The Morgan fingerprint density at radius 2 is 1.85 bits per heavy atom. The molecule has 2 amide bonds. The van der Waals surface area contributed by atoms with Crippen LogP contribution in [-0.2, 0) is 6.42 Å². The maximum absolute atomic E-state index is 13.1. The summed E-state index contributed by atoms with van der Waals surface area (Å²) in [7, 11) is 1.65. The Balaban J connectivity index is 1.48. The number of methoxy groups -OCH3 is 1. The number of carbonyl (C=O) groups is 1. The molecule has 1 aliphatic heterocycles. The zero-order valence-corrected chi connectivity index (χ0v) is 15.8. The monoisotopic (exact) mass is 371 g/mol. The van der Waals surface area contributed by atoms with Crippen molar-refractivity contribution >= 4 is 11.7 Å². The second-order valence-corrected chi connectivity index (χ2v) is 6.86. The standard InChI is InChI=1S/C21H26FN3O2/c1-16(14-17-4-3-5-20(15-17)27-2)23-21(26)25-12-10-24(11-13-25)19-8-6-18(22)7-9-19/h3-9,15-16H,10-14H2,1-2H3,(H,23,26). The van der Waals surface area contributed by atoms with Crippen molar-refractivity contribution < 1.29 is 13.9 Å². The molecule has 2 aromatic carbocycles. The Kier molecular flexibility index (Phi) is 6.16. The van der Waals surface area contributed by atoms with Crippen LogP contribution >= 0.6 is 0 Å². The summed E-state index contributed by atoms with van der Waals surface area (Å²) >= 11 is 0. The van der Waals surface area contributed by atoms with Crippen molar-refractivity contribution in [2.75, 3.05) is 38.2 Å². The van der Waals surface area contributed by atoms with Crippen LogP contribution in [0.3, 0.4) is 0 Å². The van der Waals surface area contributed by atoms with Crippen molar-refractivity contribution in [3.8, 4) is 5.75 Å². The maximum atomic E-state index is 13.1. The molecule has 0 spiro atoms. The second-order valence-electron chi connectivity index (χ2n) is 6.86. The number of piperazine rings is 1. The van der Waals surface area contributed by atoms with Gasteiger partial charge >= 0.3 is 6.03 Å². The number of benzene rings is 2. The Morgan fingerprint density at radius 3 is 2.52 bits per heavy atom. The molecule has 1 saturated heterocycles. The first-order valence-corrected chi connectivity index (χ1v) is 9.24. The Bertz CT molecular complexity index is 758. The molecular formula is C21H26FN3O2. The Labute approximate surface area is 159 Å². The van der Waals surface area contributed by atoms with E-state index >= 15 is 0 Å². The minimum atomic E-state index is -0.234. The maximum Gasteiger partial charge on any atom is 0.317 e. The van der Waals surface area contributed by atoms with Gasteiger partial charge in [0, 0.05) is 37.9 Å². The molecule has 144 valence electrons. The summed E-state index contributed by atoms with van der Waals surface area (Å²) in [6.07, 6.45) is 0.748. The molecule has 0 bridgehead atoms. The molecule has 0 saturated carbocycles. The average Bonchev–Trinajstić information content (AvgIpc) is 2.68. The van der Waals surface area contributed by atoms with Gasteiger partial charge in [-0.05, 0) is 55.3 Å². The number of urea groups is 1. The molecule has 1 unspecified atom stereocenters. The number of halogens is 1. The fourth-order valence-corrected chi connectivity index (χ4v) is 3.33. The Hall–Kier alpha value is -2.76. The highest BCUT2D eigenvalue weighted by Crippen LogP contribution is 2.17. The summed E-state index contributed by atoms with van der Waals surface area (Å²) in [6.45, 7) is 4.78. The lowest BCUT2D eigenvalue weighted by molar-refractivity contribution is 0.191. The van der Waals surface area contributed by atoms with E-state index in [0.29, 0.717) is 13.1 Å². The fraction of sp³-hybridized carbons (Fsp3) is 0.381. The lowest BCUT2D eigenvalue weighted by Gasteiger charge is -2.36. The van der Waals surface area contributed by atoms with E-state index in [1.807, 2.05) is 36.1 Å². The van der Waals surface area contributed by atoms with E-state index < -0.39 is 0 Å². The molecule has 0 radical (unpaired) electrons. The number of rotatable bonds is 5. The van der Waals surface area contributed by atoms with Crippen molar-refractivity contribution in [1.82, 2.24) is 10.2 Å². The third-order valence-electron chi connectivity index (χ3n) is 4.80. The number of nitrogens with zero attached hydrogens (tertiary/aromatic N) is 2. The summed E-state index contributed by atoms with van der Waals surface area (Å²) in [5.41, 5.74) is 2.12. The number of anilines is 1. The minimum absolute atomic E-state index is 0.0275. The molecular weight excluding hydrogens is 345 g/mol. The quantitative estimate of drug-likeness (QED) is 0.877. The zero-order valence-electron chi connectivity index (χ0n) is 15.8. The van der Waals surface area contributed by atoms with E-state index in [-0.39, 0.29) is 17.9 Å². The van der Waals surface area contributed by atoms with Crippen LogP contribution in [0.25, 0.3) is 0 Å². The third kappa shape index (κ3) is 5.12. The smallest absolute Gasteiger partial charge is 0.317 e. The molecule has 0 aromatic heterocycles.